The summed E-state index contributed by atoms with van der Waals surface area (Å²) in [4.78, 5) is 0. The lowest BCUT2D eigenvalue weighted by Gasteiger charge is -2.22. The van der Waals surface area contributed by atoms with Gasteiger partial charge in [0.05, 0.1) is 0 Å². The van der Waals surface area contributed by atoms with Gasteiger partial charge in [0.15, 0.2) is 6.17 Å². The van der Waals surface area contributed by atoms with Crippen molar-refractivity contribution in [1.82, 2.24) is 0 Å². The summed E-state index contributed by atoms with van der Waals surface area (Å²) >= 11 is 0. The summed E-state index contributed by atoms with van der Waals surface area (Å²) < 4.78 is 92.1. The first-order valence-corrected chi connectivity index (χ1v) is 2.95. The fourth-order valence-electron chi connectivity index (χ4n) is 0.482. The van der Waals surface area contributed by atoms with Crippen LogP contribution >= 0.6 is 0 Å². The standard InChI is InChI=1S/C5H4F8/c6-2(1-3(7)8)4(9,10)5(11,12)13/h2-3H,1H2. The topological polar surface area (TPSA) is 0 Å². The molecule has 0 spiro atoms. The molecule has 80 valence electrons. The Morgan fingerprint density at radius 2 is 1.23 bits per heavy atom. The predicted molar refractivity (Wildman–Crippen MR) is 26.5 cm³/mol. The van der Waals surface area contributed by atoms with E-state index in [-0.39, 0.29) is 0 Å². The van der Waals surface area contributed by atoms with Gasteiger partial charge >= 0.3 is 12.1 Å². The van der Waals surface area contributed by atoms with Gasteiger partial charge in [-0.15, -0.1) is 0 Å². The second-order valence-electron chi connectivity index (χ2n) is 2.22. The predicted octanol–water partition coefficient (Wildman–Crippen LogP) is 3.18. The molecule has 0 N–H and O–H groups in total. The van der Waals surface area contributed by atoms with Crippen molar-refractivity contribution in [2.45, 2.75) is 31.1 Å². The molecule has 1 atom stereocenters. The van der Waals surface area contributed by atoms with Crippen LogP contribution < -0.4 is 0 Å². The van der Waals surface area contributed by atoms with Gasteiger partial charge in [-0.25, -0.2) is 13.2 Å². The Kier molecular flexibility index (Phi) is 3.51. The van der Waals surface area contributed by atoms with Gasteiger partial charge in [-0.3, -0.25) is 0 Å². The number of alkyl halides is 8. The van der Waals surface area contributed by atoms with E-state index in [1.54, 1.807) is 0 Å². The maximum absolute atomic E-state index is 12.0. The van der Waals surface area contributed by atoms with E-state index >= 15 is 0 Å². The Morgan fingerprint density at radius 3 is 1.46 bits per heavy atom. The number of hydrogen-bond donors (Lipinski definition) is 0. The summed E-state index contributed by atoms with van der Waals surface area (Å²) in [5.74, 6) is -5.72. The molecule has 0 radical (unpaired) electrons. The Bertz CT molecular complexity index is 158. The quantitative estimate of drug-likeness (QED) is 0.635. The SMILES string of the molecule is FC(F)CC(F)C(F)(F)C(F)(F)F. The fourth-order valence-corrected chi connectivity index (χ4v) is 0.482. The van der Waals surface area contributed by atoms with Gasteiger partial charge in [0.25, 0.3) is 0 Å². The Balaban J connectivity index is 4.45. The molecule has 1 unspecified atom stereocenters. The van der Waals surface area contributed by atoms with E-state index in [9.17, 15) is 35.1 Å². The highest BCUT2D eigenvalue weighted by atomic mass is 19.4. The average molecular weight is 216 g/mol. The molecule has 0 nitrogen and oxygen atoms in total. The van der Waals surface area contributed by atoms with Crippen LogP contribution in [0.3, 0.4) is 0 Å². The molecule has 0 aromatic heterocycles. The van der Waals surface area contributed by atoms with E-state index in [1.165, 1.54) is 0 Å². The van der Waals surface area contributed by atoms with Crippen LogP contribution in [0.15, 0.2) is 0 Å². The zero-order valence-corrected chi connectivity index (χ0v) is 5.89. The molecule has 13 heavy (non-hydrogen) atoms. The van der Waals surface area contributed by atoms with E-state index < -0.39 is 31.1 Å². The van der Waals surface area contributed by atoms with Crippen molar-refractivity contribution in [3.8, 4) is 0 Å². The van der Waals surface area contributed by atoms with Crippen LogP contribution in [0.5, 0.6) is 0 Å². The van der Waals surface area contributed by atoms with Gasteiger partial charge in [0.2, 0.25) is 6.43 Å². The molecule has 0 rings (SSSR count). The smallest absolute Gasteiger partial charge is 0.240 e. The van der Waals surface area contributed by atoms with Crippen LogP contribution in [0.1, 0.15) is 6.42 Å². The molecule has 8 heteroatoms. The highest BCUT2D eigenvalue weighted by molar-refractivity contribution is 4.84. The Hall–Kier alpha value is -0.560. The summed E-state index contributed by atoms with van der Waals surface area (Å²) in [5.41, 5.74) is 0. The zero-order valence-electron chi connectivity index (χ0n) is 5.89. The van der Waals surface area contributed by atoms with Gasteiger partial charge in [-0.05, 0) is 0 Å². The van der Waals surface area contributed by atoms with E-state index in [1.807, 2.05) is 0 Å². The maximum Gasteiger partial charge on any atom is 0.456 e. The second-order valence-corrected chi connectivity index (χ2v) is 2.22. The third kappa shape index (κ3) is 3.00. The van der Waals surface area contributed by atoms with Crippen LogP contribution in [0.2, 0.25) is 0 Å². The molecule has 0 fully saturated rings. The fraction of sp³-hybridized carbons (Fsp3) is 1.00. The second kappa shape index (κ2) is 3.67. The molecule has 0 saturated carbocycles. The number of hydrogen-bond acceptors (Lipinski definition) is 0. The van der Waals surface area contributed by atoms with Gasteiger partial charge < -0.3 is 0 Å². The minimum Gasteiger partial charge on any atom is -0.240 e. The normalized spacial score (nSPS) is 16.4. The third-order valence-electron chi connectivity index (χ3n) is 1.16. The van der Waals surface area contributed by atoms with Gasteiger partial charge in [0, 0.05) is 6.42 Å². The summed E-state index contributed by atoms with van der Waals surface area (Å²) in [6.07, 6.45) is -15.7. The minimum atomic E-state index is -6.14. The molecule has 0 bridgehead atoms. The molecule has 0 aliphatic heterocycles. The van der Waals surface area contributed by atoms with Crippen LogP contribution in [-0.4, -0.2) is 24.7 Å². The van der Waals surface area contributed by atoms with E-state index in [0.29, 0.717) is 0 Å². The monoisotopic (exact) mass is 216 g/mol. The highest BCUT2D eigenvalue weighted by Gasteiger charge is 2.63. The lowest BCUT2D eigenvalue weighted by atomic mass is 10.1. The van der Waals surface area contributed by atoms with Crippen molar-refractivity contribution < 1.29 is 35.1 Å². The van der Waals surface area contributed by atoms with Crippen LogP contribution in [0, 0.1) is 0 Å². The van der Waals surface area contributed by atoms with Crippen molar-refractivity contribution in [2.75, 3.05) is 0 Å². The molecular formula is C5H4F8. The van der Waals surface area contributed by atoms with E-state index in [2.05, 4.69) is 0 Å². The van der Waals surface area contributed by atoms with Crippen molar-refractivity contribution >= 4 is 0 Å². The molecule has 0 aromatic carbocycles. The zero-order chi connectivity index (χ0) is 10.9. The van der Waals surface area contributed by atoms with Crippen molar-refractivity contribution in [2.24, 2.45) is 0 Å². The first-order valence-electron chi connectivity index (χ1n) is 2.95. The molecule has 0 aliphatic rings. The molecule has 0 aromatic rings. The molecule has 0 saturated heterocycles. The maximum atomic E-state index is 12.0. The van der Waals surface area contributed by atoms with Crippen molar-refractivity contribution in [1.29, 1.82) is 0 Å². The Morgan fingerprint density at radius 1 is 0.846 bits per heavy atom. The molecule has 0 amide bonds. The summed E-state index contributed by atoms with van der Waals surface area (Å²) in [7, 11) is 0. The number of halogens is 8. The molecular weight excluding hydrogens is 212 g/mol. The van der Waals surface area contributed by atoms with Crippen LogP contribution in [0.4, 0.5) is 35.1 Å². The first-order chi connectivity index (χ1) is 5.59. The largest absolute Gasteiger partial charge is 0.456 e. The lowest BCUT2D eigenvalue weighted by molar-refractivity contribution is -0.305. The molecule has 0 heterocycles. The van der Waals surface area contributed by atoms with Crippen molar-refractivity contribution in [3.63, 3.8) is 0 Å². The highest BCUT2D eigenvalue weighted by Crippen LogP contribution is 2.41. The van der Waals surface area contributed by atoms with Crippen LogP contribution in [-0.2, 0) is 0 Å². The number of rotatable bonds is 3. The lowest BCUT2D eigenvalue weighted by Crippen LogP contribution is -2.45. The summed E-state index contributed by atoms with van der Waals surface area (Å²) in [5, 5.41) is 0. The minimum absolute atomic E-state index is 2.13. The van der Waals surface area contributed by atoms with Crippen LogP contribution in [0.25, 0.3) is 0 Å². The van der Waals surface area contributed by atoms with Gasteiger partial charge in [-0.1, -0.05) is 0 Å². The first kappa shape index (κ1) is 12.4. The molecule has 0 aliphatic carbocycles. The van der Waals surface area contributed by atoms with E-state index in [4.69, 9.17) is 0 Å². The van der Waals surface area contributed by atoms with Gasteiger partial charge in [0.1, 0.15) is 0 Å². The Labute approximate surface area is 67.5 Å². The summed E-state index contributed by atoms with van der Waals surface area (Å²) in [6, 6.07) is 0. The van der Waals surface area contributed by atoms with Crippen molar-refractivity contribution in [3.05, 3.63) is 0 Å². The van der Waals surface area contributed by atoms with E-state index in [0.717, 1.165) is 0 Å². The third-order valence-corrected chi connectivity index (χ3v) is 1.16. The summed E-state index contributed by atoms with van der Waals surface area (Å²) in [6.45, 7) is 0. The van der Waals surface area contributed by atoms with Gasteiger partial charge in [-0.2, -0.15) is 22.0 Å². The average Bonchev–Trinajstić information content (AvgIpc) is 1.82.